The summed E-state index contributed by atoms with van der Waals surface area (Å²) >= 11 is 1.49. The fraction of sp³-hybridized carbons (Fsp3) is 0.733. The summed E-state index contributed by atoms with van der Waals surface area (Å²) in [5, 5.41) is 12.4. The molecule has 5 nitrogen and oxygen atoms in total. The molecule has 0 bridgehead atoms. The molecule has 140 valence electrons. The summed E-state index contributed by atoms with van der Waals surface area (Å²) in [6, 6.07) is 0. The fourth-order valence-corrected chi connectivity index (χ4v) is 2.11. The summed E-state index contributed by atoms with van der Waals surface area (Å²) in [5.74, 6) is 0. The molecular formula is C15H25F3IN3O2. The van der Waals surface area contributed by atoms with Crippen molar-refractivity contribution in [3.05, 3.63) is 9.78 Å². The molecule has 0 unspecified atom stereocenters. The number of halogens is 4. The van der Waals surface area contributed by atoms with Crippen LogP contribution in [0.4, 0.5) is 18.0 Å². The fourth-order valence-electron chi connectivity index (χ4n) is 1.58. The Hall–Kier alpha value is -1.00. The smallest absolute Gasteiger partial charge is 0.433 e. The SMILES string of the molecule is CC(C)(C)OC(=O)NCCCCCCN/C=C(/I)C(=N)C(F)(F)F. The molecule has 0 radical (unpaired) electrons. The van der Waals surface area contributed by atoms with Gasteiger partial charge >= 0.3 is 12.3 Å². The first-order chi connectivity index (χ1) is 10.9. The van der Waals surface area contributed by atoms with E-state index in [2.05, 4.69) is 10.6 Å². The highest BCUT2D eigenvalue weighted by atomic mass is 127. The second-order valence-corrected chi connectivity index (χ2v) is 7.32. The van der Waals surface area contributed by atoms with E-state index < -0.39 is 23.6 Å². The Morgan fingerprint density at radius 3 is 2.17 bits per heavy atom. The Bertz CT molecular complexity index is 446. The highest BCUT2D eigenvalue weighted by Crippen LogP contribution is 2.23. The molecule has 0 spiro atoms. The molecule has 0 fully saturated rings. The van der Waals surface area contributed by atoms with Crippen LogP contribution in [0.5, 0.6) is 0 Å². The van der Waals surface area contributed by atoms with Gasteiger partial charge in [0.05, 0.1) is 3.58 Å². The number of rotatable bonds is 9. The predicted molar refractivity (Wildman–Crippen MR) is 96.6 cm³/mol. The molecule has 0 rings (SSSR count). The average molecular weight is 463 g/mol. The first-order valence-electron chi connectivity index (χ1n) is 7.65. The van der Waals surface area contributed by atoms with Crippen molar-refractivity contribution in [1.82, 2.24) is 10.6 Å². The Morgan fingerprint density at radius 2 is 1.67 bits per heavy atom. The summed E-state index contributed by atoms with van der Waals surface area (Å²) in [5.41, 5.74) is -1.85. The van der Waals surface area contributed by atoms with Gasteiger partial charge in [0.2, 0.25) is 0 Å². The minimum Gasteiger partial charge on any atom is -0.444 e. The van der Waals surface area contributed by atoms with Gasteiger partial charge in [0, 0.05) is 19.3 Å². The van der Waals surface area contributed by atoms with E-state index >= 15 is 0 Å². The van der Waals surface area contributed by atoms with Crippen LogP contribution in [0.1, 0.15) is 46.5 Å². The molecule has 3 N–H and O–H groups in total. The van der Waals surface area contributed by atoms with E-state index in [1.807, 2.05) is 0 Å². The molecule has 0 aromatic rings. The summed E-state index contributed by atoms with van der Waals surface area (Å²) in [4.78, 5) is 11.4. The van der Waals surface area contributed by atoms with Crippen LogP contribution >= 0.6 is 22.6 Å². The van der Waals surface area contributed by atoms with Gasteiger partial charge in [-0.3, -0.25) is 5.41 Å². The van der Waals surface area contributed by atoms with Gasteiger partial charge in [-0.1, -0.05) is 12.8 Å². The van der Waals surface area contributed by atoms with Crippen LogP contribution in [0.25, 0.3) is 0 Å². The number of hydrogen-bond acceptors (Lipinski definition) is 4. The van der Waals surface area contributed by atoms with Crippen LogP contribution in [-0.2, 0) is 4.74 Å². The zero-order valence-electron chi connectivity index (χ0n) is 14.1. The summed E-state index contributed by atoms with van der Waals surface area (Å²) < 4.78 is 41.7. The summed E-state index contributed by atoms with van der Waals surface area (Å²) in [7, 11) is 0. The topological polar surface area (TPSA) is 74.2 Å². The largest absolute Gasteiger partial charge is 0.444 e. The van der Waals surface area contributed by atoms with E-state index in [0.29, 0.717) is 13.1 Å². The number of allylic oxidation sites excluding steroid dienone is 1. The number of ether oxygens (including phenoxy) is 1. The molecule has 9 heteroatoms. The third-order valence-electron chi connectivity index (χ3n) is 2.67. The summed E-state index contributed by atoms with van der Waals surface area (Å²) in [6.45, 7) is 6.46. The standard InChI is InChI=1S/C15H25F3IN3O2/c1-14(2,3)24-13(23)22-9-7-5-4-6-8-21-10-11(19)12(20)15(16,17)18/h10,20-21H,4-9H2,1-3H3,(H,22,23)/b11-10+,20-12?. The van der Waals surface area contributed by atoms with Crippen LogP contribution in [0.15, 0.2) is 9.78 Å². The average Bonchev–Trinajstić information content (AvgIpc) is 2.41. The number of carbonyl (C=O) groups is 1. The Labute approximate surface area is 154 Å². The van der Waals surface area contributed by atoms with Crippen molar-refractivity contribution in [1.29, 1.82) is 5.41 Å². The van der Waals surface area contributed by atoms with Crippen LogP contribution < -0.4 is 10.6 Å². The van der Waals surface area contributed by atoms with Gasteiger partial charge in [0.15, 0.2) is 5.71 Å². The molecule has 0 aliphatic carbocycles. The number of amides is 1. The van der Waals surface area contributed by atoms with Gasteiger partial charge in [-0.25, -0.2) is 4.79 Å². The lowest BCUT2D eigenvalue weighted by atomic mass is 10.2. The van der Waals surface area contributed by atoms with Gasteiger partial charge in [0.25, 0.3) is 0 Å². The number of hydrogen-bond donors (Lipinski definition) is 3. The maximum absolute atomic E-state index is 12.3. The Morgan fingerprint density at radius 1 is 1.12 bits per heavy atom. The molecule has 0 saturated heterocycles. The van der Waals surface area contributed by atoms with E-state index in [-0.39, 0.29) is 3.58 Å². The van der Waals surface area contributed by atoms with E-state index in [9.17, 15) is 18.0 Å². The van der Waals surface area contributed by atoms with E-state index in [0.717, 1.165) is 25.7 Å². The Kier molecular flexibility index (Phi) is 10.3. The molecular weight excluding hydrogens is 438 g/mol. The van der Waals surface area contributed by atoms with Gasteiger partial charge in [0.1, 0.15) is 5.60 Å². The highest BCUT2D eigenvalue weighted by molar-refractivity contribution is 14.1. The van der Waals surface area contributed by atoms with E-state index in [1.165, 1.54) is 28.8 Å². The highest BCUT2D eigenvalue weighted by Gasteiger charge is 2.35. The molecule has 0 saturated carbocycles. The van der Waals surface area contributed by atoms with Gasteiger partial charge in [-0.15, -0.1) is 0 Å². The number of alkyl halides is 3. The van der Waals surface area contributed by atoms with Gasteiger partial charge in [-0.2, -0.15) is 13.2 Å². The maximum atomic E-state index is 12.3. The van der Waals surface area contributed by atoms with Crippen molar-refractivity contribution in [3.8, 4) is 0 Å². The van der Waals surface area contributed by atoms with Crippen molar-refractivity contribution in [2.24, 2.45) is 0 Å². The van der Waals surface area contributed by atoms with Crippen molar-refractivity contribution in [2.75, 3.05) is 13.1 Å². The molecule has 0 aromatic heterocycles. The normalized spacial score (nSPS) is 12.7. The van der Waals surface area contributed by atoms with E-state index in [1.54, 1.807) is 20.8 Å². The lowest BCUT2D eigenvalue weighted by Crippen LogP contribution is -2.32. The van der Waals surface area contributed by atoms with Gasteiger partial charge < -0.3 is 15.4 Å². The first kappa shape index (κ1) is 23.0. The third-order valence-corrected chi connectivity index (χ3v) is 3.52. The van der Waals surface area contributed by atoms with Crippen LogP contribution in [0.3, 0.4) is 0 Å². The van der Waals surface area contributed by atoms with Crippen molar-refractivity contribution in [2.45, 2.75) is 58.2 Å². The number of unbranched alkanes of at least 4 members (excludes halogenated alkanes) is 3. The predicted octanol–water partition coefficient (Wildman–Crippen LogP) is 4.52. The number of alkyl carbamates (subject to hydrolysis) is 1. The molecule has 24 heavy (non-hydrogen) atoms. The number of carbonyl (C=O) groups excluding carboxylic acids is 1. The lowest BCUT2D eigenvalue weighted by Gasteiger charge is -2.19. The first-order valence-corrected chi connectivity index (χ1v) is 8.73. The van der Waals surface area contributed by atoms with E-state index in [4.69, 9.17) is 10.1 Å². The third kappa shape index (κ3) is 12.4. The molecule has 0 aliphatic rings. The van der Waals surface area contributed by atoms with Crippen molar-refractivity contribution in [3.63, 3.8) is 0 Å². The molecule has 0 heterocycles. The minimum absolute atomic E-state index is 0.165. The molecule has 0 aliphatic heterocycles. The number of nitrogens with one attached hydrogen (secondary N) is 3. The van der Waals surface area contributed by atoms with Crippen molar-refractivity contribution >= 4 is 34.4 Å². The molecule has 1 amide bonds. The quantitative estimate of drug-likeness (QED) is 0.268. The van der Waals surface area contributed by atoms with Crippen LogP contribution in [0, 0.1) is 5.41 Å². The van der Waals surface area contributed by atoms with Gasteiger partial charge in [-0.05, 0) is 56.2 Å². The zero-order chi connectivity index (χ0) is 18.8. The van der Waals surface area contributed by atoms with Crippen LogP contribution in [0.2, 0.25) is 0 Å². The monoisotopic (exact) mass is 463 g/mol. The maximum Gasteiger partial charge on any atom is 0.433 e. The zero-order valence-corrected chi connectivity index (χ0v) is 16.3. The molecule has 0 atom stereocenters. The minimum atomic E-state index is -4.62. The summed E-state index contributed by atoms with van der Waals surface area (Å²) in [6.07, 6.45) is -0.440. The molecule has 0 aromatic carbocycles. The second kappa shape index (κ2) is 10.8. The second-order valence-electron chi connectivity index (χ2n) is 6.16. The van der Waals surface area contributed by atoms with Crippen molar-refractivity contribution < 1.29 is 22.7 Å². The van der Waals surface area contributed by atoms with Crippen LogP contribution in [-0.4, -0.2) is 36.7 Å². The Balaban J connectivity index is 3.65. The lowest BCUT2D eigenvalue weighted by molar-refractivity contribution is -0.0585.